The zero-order chi connectivity index (χ0) is 7.98. The number of hydrogen-bond acceptors (Lipinski definition) is 4. The molecule has 0 amide bonds. The molecule has 10 heavy (non-hydrogen) atoms. The first-order valence-corrected chi connectivity index (χ1v) is 2.74. The van der Waals surface area contributed by atoms with Crippen molar-refractivity contribution in [2.45, 2.75) is 6.92 Å². The quantitative estimate of drug-likeness (QED) is 0.330. The van der Waals surface area contributed by atoms with Crippen molar-refractivity contribution in [3.05, 3.63) is 11.8 Å². The molecule has 0 spiro atoms. The lowest BCUT2D eigenvalue weighted by Gasteiger charge is -1.93. The largest absolute Gasteiger partial charge is 0.463 e. The van der Waals surface area contributed by atoms with Crippen molar-refractivity contribution in [2.75, 3.05) is 6.61 Å². The number of rotatable bonds is 2. The van der Waals surface area contributed by atoms with E-state index in [4.69, 9.17) is 11.0 Å². The van der Waals surface area contributed by atoms with Crippen LogP contribution in [0.2, 0.25) is 0 Å². The van der Waals surface area contributed by atoms with E-state index in [2.05, 4.69) is 4.74 Å². The molecule has 0 aliphatic heterocycles. The van der Waals surface area contributed by atoms with Gasteiger partial charge in [-0.1, -0.05) is 0 Å². The summed E-state index contributed by atoms with van der Waals surface area (Å²) in [4.78, 5) is 10.5. The van der Waals surface area contributed by atoms with E-state index in [1.165, 1.54) is 0 Å². The Balaban J connectivity index is 3.90. The topological polar surface area (TPSA) is 76.1 Å². The normalized spacial score (nSPS) is 10.2. The number of allylic oxidation sites excluding steroid dienone is 1. The standard InChI is InChI=1S/C6H8N2O2/c1-2-10-6(9)3-5(8)4-7/h3H,2,8H2,1H3. The molecule has 4 heteroatoms. The van der Waals surface area contributed by atoms with E-state index in [1.807, 2.05) is 0 Å². The molecular weight excluding hydrogens is 132 g/mol. The maximum Gasteiger partial charge on any atom is 0.333 e. The maximum absolute atomic E-state index is 10.5. The second-order valence-corrected chi connectivity index (χ2v) is 1.46. The van der Waals surface area contributed by atoms with Crippen LogP contribution in [0.4, 0.5) is 0 Å². The van der Waals surface area contributed by atoms with Gasteiger partial charge in [0.25, 0.3) is 0 Å². The monoisotopic (exact) mass is 140 g/mol. The van der Waals surface area contributed by atoms with Crippen molar-refractivity contribution in [3.8, 4) is 6.07 Å². The number of nitrogens with zero attached hydrogens (tertiary/aromatic N) is 1. The van der Waals surface area contributed by atoms with Gasteiger partial charge in [0, 0.05) is 0 Å². The van der Waals surface area contributed by atoms with E-state index in [9.17, 15) is 4.79 Å². The molecule has 0 atom stereocenters. The Kier molecular flexibility index (Phi) is 3.73. The molecule has 0 saturated carbocycles. The number of ether oxygens (including phenoxy) is 1. The summed E-state index contributed by atoms with van der Waals surface area (Å²) >= 11 is 0. The van der Waals surface area contributed by atoms with Crippen LogP contribution in [0.5, 0.6) is 0 Å². The van der Waals surface area contributed by atoms with Gasteiger partial charge in [-0.25, -0.2) is 4.79 Å². The Hall–Kier alpha value is -1.50. The summed E-state index contributed by atoms with van der Waals surface area (Å²) in [5.41, 5.74) is 4.86. The van der Waals surface area contributed by atoms with E-state index in [0.717, 1.165) is 6.08 Å². The molecule has 2 N–H and O–H groups in total. The first-order valence-electron chi connectivity index (χ1n) is 2.74. The molecule has 4 nitrogen and oxygen atoms in total. The van der Waals surface area contributed by atoms with Crippen molar-refractivity contribution < 1.29 is 9.53 Å². The second kappa shape index (κ2) is 4.39. The van der Waals surface area contributed by atoms with Crippen molar-refractivity contribution in [2.24, 2.45) is 5.73 Å². The van der Waals surface area contributed by atoms with E-state index in [1.54, 1.807) is 13.0 Å². The minimum Gasteiger partial charge on any atom is -0.463 e. The van der Waals surface area contributed by atoms with Crippen LogP contribution in [-0.2, 0) is 9.53 Å². The van der Waals surface area contributed by atoms with Gasteiger partial charge in [0.05, 0.1) is 12.7 Å². The van der Waals surface area contributed by atoms with Crippen LogP contribution in [0.1, 0.15) is 6.92 Å². The van der Waals surface area contributed by atoms with Gasteiger partial charge < -0.3 is 10.5 Å². The zero-order valence-electron chi connectivity index (χ0n) is 5.63. The molecule has 0 aliphatic carbocycles. The van der Waals surface area contributed by atoms with Gasteiger partial charge in [-0.3, -0.25) is 0 Å². The fourth-order valence-corrected chi connectivity index (χ4v) is 0.343. The Labute approximate surface area is 58.9 Å². The van der Waals surface area contributed by atoms with Crippen LogP contribution in [-0.4, -0.2) is 12.6 Å². The highest BCUT2D eigenvalue weighted by molar-refractivity contribution is 5.83. The van der Waals surface area contributed by atoms with Crippen LogP contribution in [0.25, 0.3) is 0 Å². The molecule has 0 unspecified atom stereocenters. The Morgan fingerprint density at radius 3 is 2.90 bits per heavy atom. The fraction of sp³-hybridized carbons (Fsp3) is 0.333. The molecule has 0 aromatic rings. The van der Waals surface area contributed by atoms with Crippen molar-refractivity contribution in [1.29, 1.82) is 5.26 Å². The number of nitrogens with two attached hydrogens (primary N) is 1. The van der Waals surface area contributed by atoms with Gasteiger partial charge in [-0.15, -0.1) is 0 Å². The van der Waals surface area contributed by atoms with Crippen LogP contribution in [0, 0.1) is 11.3 Å². The van der Waals surface area contributed by atoms with Crippen molar-refractivity contribution >= 4 is 5.97 Å². The molecule has 54 valence electrons. The van der Waals surface area contributed by atoms with Crippen LogP contribution in [0.15, 0.2) is 11.8 Å². The molecular formula is C6H8N2O2. The zero-order valence-corrected chi connectivity index (χ0v) is 5.63. The summed E-state index contributed by atoms with van der Waals surface area (Å²) in [6.45, 7) is 1.96. The Morgan fingerprint density at radius 2 is 2.50 bits per heavy atom. The summed E-state index contributed by atoms with van der Waals surface area (Å²) < 4.78 is 4.47. The summed E-state index contributed by atoms with van der Waals surface area (Å²) in [6.07, 6.45) is 0.948. The lowest BCUT2D eigenvalue weighted by Crippen LogP contribution is -2.04. The van der Waals surface area contributed by atoms with Gasteiger partial charge in [-0.2, -0.15) is 5.26 Å². The summed E-state index contributed by atoms with van der Waals surface area (Å²) in [5.74, 6) is -0.582. The lowest BCUT2D eigenvalue weighted by atomic mass is 10.4. The minimum atomic E-state index is -0.582. The summed E-state index contributed by atoms with van der Waals surface area (Å²) in [5, 5.41) is 8.10. The maximum atomic E-state index is 10.5. The van der Waals surface area contributed by atoms with Gasteiger partial charge >= 0.3 is 5.97 Å². The number of nitriles is 1. The highest BCUT2D eigenvalue weighted by Crippen LogP contribution is 1.83. The molecule has 0 aromatic heterocycles. The third-order valence-electron chi connectivity index (χ3n) is 0.689. The fourth-order valence-electron chi connectivity index (χ4n) is 0.343. The third-order valence-corrected chi connectivity index (χ3v) is 0.689. The van der Waals surface area contributed by atoms with E-state index >= 15 is 0 Å². The van der Waals surface area contributed by atoms with Gasteiger partial charge in [-0.05, 0) is 6.92 Å². The number of hydrogen-bond donors (Lipinski definition) is 1. The minimum absolute atomic E-state index is 0.140. The van der Waals surface area contributed by atoms with Gasteiger partial charge in [0.2, 0.25) is 0 Å². The van der Waals surface area contributed by atoms with E-state index in [-0.39, 0.29) is 12.3 Å². The van der Waals surface area contributed by atoms with Crippen LogP contribution in [0.3, 0.4) is 0 Å². The van der Waals surface area contributed by atoms with Crippen molar-refractivity contribution in [1.82, 2.24) is 0 Å². The molecule has 0 saturated heterocycles. The predicted molar refractivity (Wildman–Crippen MR) is 34.5 cm³/mol. The number of carbonyl (C=O) groups is 1. The highest BCUT2D eigenvalue weighted by atomic mass is 16.5. The predicted octanol–water partition coefficient (Wildman–Crippen LogP) is -0.0843. The molecule has 0 bridgehead atoms. The molecule has 0 radical (unpaired) electrons. The van der Waals surface area contributed by atoms with Gasteiger partial charge in [0.15, 0.2) is 0 Å². The molecule has 0 aliphatic rings. The Bertz CT molecular complexity index is 190. The summed E-state index contributed by atoms with van der Waals surface area (Å²) in [7, 11) is 0. The van der Waals surface area contributed by atoms with Crippen LogP contribution < -0.4 is 5.73 Å². The highest BCUT2D eigenvalue weighted by Gasteiger charge is 1.95. The third kappa shape index (κ3) is 3.50. The Morgan fingerprint density at radius 1 is 1.90 bits per heavy atom. The molecule has 0 heterocycles. The second-order valence-electron chi connectivity index (χ2n) is 1.46. The number of carbonyl (C=O) groups excluding carboxylic acids is 1. The van der Waals surface area contributed by atoms with E-state index < -0.39 is 5.97 Å². The summed E-state index contributed by atoms with van der Waals surface area (Å²) in [6, 6.07) is 1.59. The van der Waals surface area contributed by atoms with E-state index in [0.29, 0.717) is 0 Å². The smallest absolute Gasteiger partial charge is 0.333 e. The number of esters is 1. The average molecular weight is 140 g/mol. The molecule has 0 fully saturated rings. The molecule has 0 aromatic carbocycles. The average Bonchev–Trinajstić information content (AvgIpc) is 1.88. The first kappa shape index (κ1) is 8.50. The van der Waals surface area contributed by atoms with Crippen LogP contribution >= 0.6 is 0 Å². The molecule has 0 rings (SSSR count). The SMILES string of the molecule is CCOC(=O)C=C(N)C#N. The lowest BCUT2D eigenvalue weighted by molar-refractivity contribution is -0.137. The first-order chi connectivity index (χ1) is 4.70. The van der Waals surface area contributed by atoms with Gasteiger partial charge in [0.1, 0.15) is 11.8 Å². The van der Waals surface area contributed by atoms with Crippen molar-refractivity contribution in [3.63, 3.8) is 0 Å².